The van der Waals surface area contributed by atoms with Crippen molar-refractivity contribution in [3.8, 4) is 16.9 Å². The summed E-state index contributed by atoms with van der Waals surface area (Å²) >= 11 is 0. The number of hydrogen-bond acceptors (Lipinski definition) is 2. The Morgan fingerprint density at radius 3 is 2.76 bits per heavy atom. The summed E-state index contributed by atoms with van der Waals surface area (Å²) in [5.41, 5.74) is 1.70. The lowest BCUT2D eigenvalue weighted by Gasteiger charge is -2.07. The first-order chi connectivity index (χ1) is 8.31. The molecule has 88 valence electrons. The molecule has 0 saturated heterocycles. The van der Waals surface area contributed by atoms with E-state index in [2.05, 4.69) is 4.98 Å². The van der Waals surface area contributed by atoms with Crippen LogP contribution in [0.5, 0.6) is 5.75 Å². The predicted molar refractivity (Wildman–Crippen MR) is 65.4 cm³/mol. The molecule has 1 aromatic heterocycles. The van der Waals surface area contributed by atoms with Gasteiger partial charge in [0.25, 0.3) is 0 Å². The van der Waals surface area contributed by atoms with Crippen molar-refractivity contribution in [2.45, 2.75) is 13.3 Å². The number of pyridine rings is 1. The monoisotopic (exact) mass is 231 g/mol. The Hall–Kier alpha value is -1.90. The van der Waals surface area contributed by atoms with E-state index in [4.69, 9.17) is 4.74 Å². The molecule has 0 radical (unpaired) electrons. The van der Waals surface area contributed by atoms with E-state index >= 15 is 0 Å². The smallest absolute Gasteiger partial charge is 0.165 e. The van der Waals surface area contributed by atoms with Crippen LogP contribution in [0, 0.1) is 5.82 Å². The molecule has 0 N–H and O–H groups in total. The topological polar surface area (TPSA) is 22.1 Å². The fourth-order valence-electron chi connectivity index (χ4n) is 1.54. The van der Waals surface area contributed by atoms with Crippen LogP contribution < -0.4 is 4.74 Å². The zero-order valence-electron chi connectivity index (χ0n) is 9.69. The van der Waals surface area contributed by atoms with E-state index in [-0.39, 0.29) is 5.82 Å². The summed E-state index contributed by atoms with van der Waals surface area (Å²) in [6.07, 6.45) is 4.27. The summed E-state index contributed by atoms with van der Waals surface area (Å²) in [4.78, 5) is 4.01. The van der Waals surface area contributed by atoms with Crippen LogP contribution in [0.2, 0.25) is 0 Å². The molecule has 0 saturated carbocycles. The second-order valence-electron chi connectivity index (χ2n) is 3.74. The van der Waals surface area contributed by atoms with Gasteiger partial charge in [-0.15, -0.1) is 0 Å². The van der Waals surface area contributed by atoms with Gasteiger partial charge in [0.05, 0.1) is 6.61 Å². The second kappa shape index (κ2) is 5.43. The number of benzene rings is 1. The summed E-state index contributed by atoms with van der Waals surface area (Å²) in [6.45, 7) is 2.52. The quantitative estimate of drug-likeness (QED) is 0.800. The Kier molecular flexibility index (Phi) is 3.70. The van der Waals surface area contributed by atoms with Crippen LogP contribution in [0.25, 0.3) is 11.1 Å². The lowest BCUT2D eigenvalue weighted by Crippen LogP contribution is -1.97. The number of nitrogens with zero attached hydrogens (tertiary/aromatic N) is 1. The highest BCUT2D eigenvalue weighted by Gasteiger charge is 2.05. The molecule has 1 heterocycles. The maximum absolute atomic E-state index is 13.7. The highest BCUT2D eigenvalue weighted by molar-refractivity contribution is 5.63. The van der Waals surface area contributed by atoms with Gasteiger partial charge in [0.15, 0.2) is 11.6 Å². The Bertz CT molecular complexity index is 485. The molecule has 17 heavy (non-hydrogen) atoms. The fourth-order valence-corrected chi connectivity index (χ4v) is 1.54. The Labute approximate surface area is 100 Å². The van der Waals surface area contributed by atoms with Crippen LogP contribution in [-0.2, 0) is 0 Å². The zero-order valence-corrected chi connectivity index (χ0v) is 9.69. The second-order valence-corrected chi connectivity index (χ2v) is 3.74. The van der Waals surface area contributed by atoms with E-state index in [0.717, 1.165) is 17.5 Å². The number of ether oxygens (including phenoxy) is 1. The van der Waals surface area contributed by atoms with Crippen molar-refractivity contribution in [1.82, 2.24) is 4.98 Å². The maximum Gasteiger partial charge on any atom is 0.165 e. The molecule has 0 bridgehead atoms. The summed E-state index contributed by atoms with van der Waals surface area (Å²) in [6, 6.07) is 8.70. The zero-order chi connectivity index (χ0) is 12.1. The largest absolute Gasteiger partial charge is 0.491 e. The molecular weight excluding hydrogens is 217 g/mol. The third-order valence-corrected chi connectivity index (χ3v) is 2.39. The average Bonchev–Trinajstić information content (AvgIpc) is 2.38. The van der Waals surface area contributed by atoms with Gasteiger partial charge in [-0.3, -0.25) is 4.98 Å². The lowest BCUT2D eigenvalue weighted by molar-refractivity contribution is 0.301. The van der Waals surface area contributed by atoms with Crippen LogP contribution in [-0.4, -0.2) is 11.6 Å². The molecule has 0 amide bonds. The van der Waals surface area contributed by atoms with Crippen LogP contribution >= 0.6 is 0 Å². The molecule has 0 aliphatic heterocycles. The maximum atomic E-state index is 13.7. The van der Waals surface area contributed by atoms with Gasteiger partial charge in [-0.05, 0) is 30.2 Å². The molecule has 0 aliphatic rings. The third-order valence-electron chi connectivity index (χ3n) is 2.39. The van der Waals surface area contributed by atoms with Gasteiger partial charge in [-0.1, -0.05) is 19.1 Å². The SMILES string of the molecule is CCCOc1ccc(-c2cccnc2)cc1F. The predicted octanol–water partition coefficient (Wildman–Crippen LogP) is 3.68. The normalized spacial score (nSPS) is 10.2. The van der Waals surface area contributed by atoms with Crippen LogP contribution in [0.3, 0.4) is 0 Å². The first-order valence-corrected chi connectivity index (χ1v) is 5.64. The third kappa shape index (κ3) is 2.81. The first-order valence-electron chi connectivity index (χ1n) is 5.64. The number of rotatable bonds is 4. The molecule has 0 aliphatic carbocycles. The van der Waals surface area contributed by atoms with E-state index in [1.807, 2.05) is 25.1 Å². The van der Waals surface area contributed by atoms with Crippen molar-refractivity contribution in [1.29, 1.82) is 0 Å². The molecule has 3 heteroatoms. The van der Waals surface area contributed by atoms with Gasteiger partial charge in [0.2, 0.25) is 0 Å². The highest BCUT2D eigenvalue weighted by Crippen LogP contribution is 2.25. The van der Waals surface area contributed by atoms with Gasteiger partial charge < -0.3 is 4.74 Å². The lowest BCUT2D eigenvalue weighted by atomic mass is 10.1. The van der Waals surface area contributed by atoms with Gasteiger partial charge >= 0.3 is 0 Å². The number of halogens is 1. The van der Waals surface area contributed by atoms with Gasteiger partial charge in [0, 0.05) is 18.0 Å². The molecule has 0 atom stereocenters. The fraction of sp³-hybridized carbons (Fsp3) is 0.214. The highest BCUT2D eigenvalue weighted by atomic mass is 19.1. The molecule has 2 rings (SSSR count). The summed E-state index contributed by atoms with van der Waals surface area (Å²) in [5, 5.41) is 0. The minimum atomic E-state index is -0.334. The van der Waals surface area contributed by atoms with E-state index in [1.165, 1.54) is 6.07 Å². The van der Waals surface area contributed by atoms with Crippen molar-refractivity contribution in [2.24, 2.45) is 0 Å². The molecule has 1 aromatic carbocycles. The first kappa shape index (κ1) is 11.6. The Balaban J connectivity index is 2.25. The Morgan fingerprint density at radius 1 is 1.24 bits per heavy atom. The molecule has 2 nitrogen and oxygen atoms in total. The van der Waals surface area contributed by atoms with Crippen molar-refractivity contribution in [3.63, 3.8) is 0 Å². The molecule has 0 spiro atoms. The summed E-state index contributed by atoms with van der Waals surface area (Å²) in [7, 11) is 0. The van der Waals surface area contributed by atoms with E-state index in [9.17, 15) is 4.39 Å². The number of hydrogen-bond donors (Lipinski definition) is 0. The molecular formula is C14H14FNO. The summed E-state index contributed by atoms with van der Waals surface area (Å²) in [5.74, 6) is -0.0284. The van der Waals surface area contributed by atoms with Crippen LogP contribution in [0.4, 0.5) is 4.39 Å². The van der Waals surface area contributed by atoms with Crippen molar-refractivity contribution < 1.29 is 9.13 Å². The van der Waals surface area contributed by atoms with Crippen molar-refractivity contribution in [2.75, 3.05) is 6.61 Å². The van der Waals surface area contributed by atoms with Crippen LogP contribution in [0.15, 0.2) is 42.7 Å². The van der Waals surface area contributed by atoms with E-state index in [0.29, 0.717) is 12.4 Å². The number of aromatic nitrogens is 1. The molecule has 0 unspecified atom stereocenters. The van der Waals surface area contributed by atoms with Gasteiger partial charge in [0.1, 0.15) is 0 Å². The standard InChI is InChI=1S/C14H14FNO/c1-2-8-17-14-6-5-11(9-13(14)15)12-4-3-7-16-10-12/h3-7,9-10H,2,8H2,1H3. The molecule has 2 aromatic rings. The minimum absolute atomic E-state index is 0.305. The van der Waals surface area contributed by atoms with E-state index < -0.39 is 0 Å². The van der Waals surface area contributed by atoms with E-state index in [1.54, 1.807) is 18.5 Å². The van der Waals surface area contributed by atoms with Crippen molar-refractivity contribution >= 4 is 0 Å². The van der Waals surface area contributed by atoms with Crippen molar-refractivity contribution in [3.05, 3.63) is 48.5 Å². The summed E-state index contributed by atoms with van der Waals surface area (Å²) < 4.78 is 19.0. The van der Waals surface area contributed by atoms with Crippen LogP contribution in [0.1, 0.15) is 13.3 Å². The minimum Gasteiger partial charge on any atom is -0.491 e. The average molecular weight is 231 g/mol. The van der Waals surface area contributed by atoms with Gasteiger partial charge in [-0.2, -0.15) is 0 Å². The molecule has 0 fully saturated rings. The van der Waals surface area contributed by atoms with Gasteiger partial charge in [-0.25, -0.2) is 4.39 Å². The Morgan fingerprint density at radius 2 is 2.12 bits per heavy atom.